The van der Waals surface area contributed by atoms with E-state index in [2.05, 4.69) is 31.0 Å². The summed E-state index contributed by atoms with van der Waals surface area (Å²) in [5.41, 5.74) is 0.806. The number of halogens is 1. The first-order valence-corrected chi connectivity index (χ1v) is 9.87. The lowest BCUT2D eigenvalue weighted by molar-refractivity contribution is -0.145. The van der Waals surface area contributed by atoms with Gasteiger partial charge in [-0.1, -0.05) is 11.6 Å². The Morgan fingerprint density at radius 1 is 1.39 bits per heavy atom. The van der Waals surface area contributed by atoms with Crippen LogP contribution in [0.4, 0.5) is 17.5 Å². The van der Waals surface area contributed by atoms with E-state index >= 15 is 0 Å². The average molecular weight is 406 g/mol. The maximum atomic E-state index is 11.9. The molecular weight excluding hydrogens is 382 g/mol. The molecule has 150 valence electrons. The molecule has 2 aromatic heterocycles. The molecule has 0 bridgehead atoms. The fourth-order valence-electron chi connectivity index (χ4n) is 4.08. The number of carbonyl (C=O) groups excluding carboxylic acids is 1. The summed E-state index contributed by atoms with van der Waals surface area (Å²) in [7, 11) is 1.85. The van der Waals surface area contributed by atoms with Crippen molar-refractivity contribution in [1.29, 1.82) is 0 Å². The summed E-state index contributed by atoms with van der Waals surface area (Å²) in [6, 6.07) is 0.360. The Balaban J connectivity index is 1.37. The quantitative estimate of drug-likeness (QED) is 0.627. The SMILES string of the molecule is CCOC(=O)C1CC2CC(Nc3nc(Nc4cnn(C)c4)ncc3Cl)CC2N1. The number of nitrogens with zero attached hydrogens (tertiary/aromatic N) is 4. The van der Waals surface area contributed by atoms with Crippen LogP contribution in [0.15, 0.2) is 18.6 Å². The summed E-state index contributed by atoms with van der Waals surface area (Å²) < 4.78 is 6.83. The Kier molecular flexibility index (Phi) is 5.36. The summed E-state index contributed by atoms with van der Waals surface area (Å²) >= 11 is 6.29. The Morgan fingerprint density at radius 2 is 2.25 bits per heavy atom. The summed E-state index contributed by atoms with van der Waals surface area (Å²) in [6.45, 7) is 2.24. The minimum atomic E-state index is -0.186. The lowest BCUT2D eigenvalue weighted by atomic mass is 10.0. The van der Waals surface area contributed by atoms with Crippen LogP contribution >= 0.6 is 11.6 Å². The van der Waals surface area contributed by atoms with Crippen LogP contribution in [0, 0.1) is 5.92 Å². The molecule has 1 aliphatic heterocycles. The Hall–Kier alpha value is -2.39. The monoisotopic (exact) mass is 405 g/mol. The molecule has 4 atom stereocenters. The number of esters is 1. The van der Waals surface area contributed by atoms with Gasteiger partial charge in [-0.2, -0.15) is 10.1 Å². The number of aromatic nitrogens is 4. The van der Waals surface area contributed by atoms with Gasteiger partial charge in [0.25, 0.3) is 0 Å². The van der Waals surface area contributed by atoms with Gasteiger partial charge in [-0.3, -0.25) is 9.48 Å². The van der Waals surface area contributed by atoms with Crippen LogP contribution in [-0.2, 0) is 16.6 Å². The van der Waals surface area contributed by atoms with Crippen molar-refractivity contribution in [2.24, 2.45) is 13.0 Å². The van der Waals surface area contributed by atoms with E-state index in [4.69, 9.17) is 16.3 Å². The third kappa shape index (κ3) is 4.05. The second kappa shape index (κ2) is 7.92. The molecule has 10 heteroatoms. The molecule has 0 amide bonds. The van der Waals surface area contributed by atoms with Crippen molar-refractivity contribution in [3.8, 4) is 0 Å². The highest BCUT2D eigenvalue weighted by molar-refractivity contribution is 6.32. The van der Waals surface area contributed by atoms with Crippen LogP contribution in [0.1, 0.15) is 26.2 Å². The molecule has 0 spiro atoms. The minimum Gasteiger partial charge on any atom is -0.465 e. The first kappa shape index (κ1) is 18.9. The van der Waals surface area contributed by atoms with Gasteiger partial charge in [-0.05, 0) is 32.1 Å². The third-order valence-electron chi connectivity index (χ3n) is 5.27. The van der Waals surface area contributed by atoms with E-state index in [-0.39, 0.29) is 18.1 Å². The fraction of sp³-hybridized carbons (Fsp3) is 0.556. The second-order valence-corrected chi connectivity index (χ2v) is 7.71. The molecular formula is C18H24ClN7O2. The summed E-state index contributed by atoms with van der Waals surface area (Å²) in [5.74, 6) is 1.36. The molecule has 3 N–H and O–H groups in total. The number of aryl methyl sites for hydroxylation is 1. The van der Waals surface area contributed by atoms with Crippen molar-refractivity contribution in [2.45, 2.75) is 44.3 Å². The predicted molar refractivity (Wildman–Crippen MR) is 106 cm³/mol. The second-order valence-electron chi connectivity index (χ2n) is 7.30. The zero-order valence-electron chi connectivity index (χ0n) is 15.9. The van der Waals surface area contributed by atoms with Crippen LogP contribution in [-0.4, -0.2) is 50.5 Å². The van der Waals surface area contributed by atoms with Crippen molar-refractivity contribution in [3.63, 3.8) is 0 Å². The molecule has 0 aromatic carbocycles. The van der Waals surface area contributed by atoms with Gasteiger partial charge in [0.15, 0.2) is 5.82 Å². The predicted octanol–water partition coefficient (Wildman–Crippen LogP) is 2.09. The number of carbonyl (C=O) groups is 1. The van der Waals surface area contributed by atoms with Crippen molar-refractivity contribution in [2.75, 3.05) is 17.2 Å². The van der Waals surface area contributed by atoms with Crippen molar-refractivity contribution in [1.82, 2.24) is 25.1 Å². The number of nitrogens with one attached hydrogen (secondary N) is 3. The Bertz CT molecular complexity index is 844. The highest BCUT2D eigenvalue weighted by Gasteiger charge is 2.44. The van der Waals surface area contributed by atoms with Gasteiger partial charge in [0.05, 0.1) is 24.7 Å². The van der Waals surface area contributed by atoms with Crippen molar-refractivity contribution < 1.29 is 9.53 Å². The fourth-order valence-corrected chi connectivity index (χ4v) is 4.23. The van der Waals surface area contributed by atoms with Gasteiger partial charge in [-0.15, -0.1) is 0 Å². The lowest BCUT2D eigenvalue weighted by Crippen LogP contribution is -2.37. The van der Waals surface area contributed by atoms with Crippen LogP contribution in [0.2, 0.25) is 5.02 Å². The van der Waals surface area contributed by atoms with Crippen LogP contribution < -0.4 is 16.0 Å². The van der Waals surface area contributed by atoms with Crippen LogP contribution in [0.3, 0.4) is 0 Å². The molecule has 1 aliphatic carbocycles. The molecule has 4 rings (SSSR count). The van der Waals surface area contributed by atoms with E-state index < -0.39 is 0 Å². The number of ether oxygens (including phenoxy) is 1. The number of hydrogen-bond acceptors (Lipinski definition) is 8. The molecule has 2 fully saturated rings. The van der Waals surface area contributed by atoms with Gasteiger partial charge < -0.3 is 20.7 Å². The van der Waals surface area contributed by atoms with E-state index in [0.717, 1.165) is 24.9 Å². The van der Waals surface area contributed by atoms with E-state index in [1.165, 1.54) is 0 Å². The normalized spacial score (nSPS) is 26.1. The van der Waals surface area contributed by atoms with Gasteiger partial charge >= 0.3 is 5.97 Å². The summed E-state index contributed by atoms with van der Waals surface area (Å²) in [5, 5.41) is 14.6. The van der Waals surface area contributed by atoms with Crippen LogP contribution in [0.25, 0.3) is 0 Å². The van der Waals surface area contributed by atoms with Crippen molar-refractivity contribution in [3.05, 3.63) is 23.6 Å². The smallest absolute Gasteiger partial charge is 0.323 e. The summed E-state index contributed by atoms with van der Waals surface area (Å²) in [6.07, 6.45) is 7.81. The molecule has 9 nitrogen and oxygen atoms in total. The largest absolute Gasteiger partial charge is 0.465 e. The molecule has 1 saturated heterocycles. The highest BCUT2D eigenvalue weighted by Crippen LogP contribution is 2.37. The summed E-state index contributed by atoms with van der Waals surface area (Å²) in [4.78, 5) is 20.7. The topological polar surface area (TPSA) is 106 Å². The number of fused-ring (bicyclic) bond motifs is 1. The van der Waals surface area contributed by atoms with E-state index in [9.17, 15) is 4.79 Å². The van der Waals surface area contributed by atoms with E-state index in [0.29, 0.717) is 35.4 Å². The van der Waals surface area contributed by atoms with Gasteiger partial charge in [0.1, 0.15) is 11.1 Å². The van der Waals surface area contributed by atoms with Crippen molar-refractivity contribution >= 4 is 35.0 Å². The minimum absolute atomic E-state index is 0.147. The first-order chi connectivity index (χ1) is 13.5. The molecule has 28 heavy (non-hydrogen) atoms. The Morgan fingerprint density at radius 3 is 2.96 bits per heavy atom. The maximum absolute atomic E-state index is 11.9. The van der Waals surface area contributed by atoms with Gasteiger partial charge in [0.2, 0.25) is 5.95 Å². The Labute approximate surface area is 168 Å². The lowest BCUT2D eigenvalue weighted by Gasteiger charge is -2.18. The van der Waals surface area contributed by atoms with Crippen LogP contribution in [0.5, 0.6) is 0 Å². The zero-order valence-corrected chi connectivity index (χ0v) is 16.6. The van der Waals surface area contributed by atoms with E-state index in [1.54, 1.807) is 17.1 Å². The number of rotatable bonds is 6. The highest BCUT2D eigenvalue weighted by atomic mass is 35.5. The zero-order chi connectivity index (χ0) is 19.7. The molecule has 1 saturated carbocycles. The molecule has 3 heterocycles. The maximum Gasteiger partial charge on any atom is 0.323 e. The standard InChI is InChI=1S/C18H24ClN7O2/c1-3-28-17(27)15-5-10-4-11(6-14(10)24-15)22-16-13(19)8-20-18(25-16)23-12-7-21-26(2)9-12/h7-11,14-15,24H,3-6H2,1-2H3,(H2,20,22,23,25). The molecule has 2 aliphatic rings. The molecule has 0 radical (unpaired) electrons. The molecule has 4 unspecified atom stereocenters. The number of hydrogen-bond donors (Lipinski definition) is 3. The third-order valence-corrected chi connectivity index (χ3v) is 5.54. The van der Waals surface area contributed by atoms with Gasteiger partial charge in [-0.25, -0.2) is 4.98 Å². The number of anilines is 3. The first-order valence-electron chi connectivity index (χ1n) is 9.49. The molecule has 2 aromatic rings. The van der Waals surface area contributed by atoms with Gasteiger partial charge in [0, 0.05) is 25.3 Å². The van der Waals surface area contributed by atoms with E-state index in [1.807, 2.05) is 20.2 Å². The average Bonchev–Trinajstić information content (AvgIpc) is 3.33.